The third-order valence-corrected chi connectivity index (χ3v) is 3.62. The molecule has 2 unspecified atom stereocenters. The predicted molar refractivity (Wildman–Crippen MR) is 54.8 cm³/mol. The summed E-state index contributed by atoms with van der Waals surface area (Å²) in [4.78, 5) is 0. The van der Waals surface area contributed by atoms with Crippen molar-refractivity contribution >= 4 is 8.58 Å². The molecule has 0 aromatic carbocycles. The second-order valence-corrected chi connectivity index (χ2v) is 4.28. The van der Waals surface area contributed by atoms with Crippen molar-refractivity contribution in [2.75, 3.05) is 6.66 Å². The van der Waals surface area contributed by atoms with Gasteiger partial charge >= 0.3 is 0 Å². The third-order valence-electron chi connectivity index (χ3n) is 2.21. The number of hydrogen-bond acceptors (Lipinski definition) is 0. The molecular weight excluding hydrogens is 151 g/mol. The Balaban J connectivity index is 2.58. The molecule has 1 rings (SSSR count). The second kappa shape index (κ2) is 4.07. The lowest BCUT2D eigenvalue weighted by Gasteiger charge is -2.14. The van der Waals surface area contributed by atoms with Crippen molar-refractivity contribution < 1.29 is 0 Å². The van der Waals surface area contributed by atoms with E-state index in [9.17, 15) is 0 Å². The molecule has 0 aromatic heterocycles. The average Bonchev–Trinajstić information content (AvgIpc) is 2.33. The van der Waals surface area contributed by atoms with Crippen molar-refractivity contribution in [3.05, 3.63) is 23.3 Å². The molecule has 1 aliphatic rings. The molecule has 11 heavy (non-hydrogen) atoms. The topological polar surface area (TPSA) is 0 Å². The maximum absolute atomic E-state index is 2.32. The van der Waals surface area contributed by atoms with Gasteiger partial charge in [-0.15, -0.1) is 8.58 Å². The maximum atomic E-state index is 2.32. The SMILES string of the molecule is CCCC1=CC=C(C)C1PC. The molecular formula is C10H17P. The lowest BCUT2D eigenvalue weighted by Crippen LogP contribution is -2.01. The first-order valence-electron chi connectivity index (χ1n) is 4.34. The molecule has 0 nitrogen and oxygen atoms in total. The highest BCUT2D eigenvalue weighted by atomic mass is 31.1. The average molecular weight is 168 g/mol. The van der Waals surface area contributed by atoms with Crippen LogP contribution in [0, 0.1) is 0 Å². The molecule has 0 saturated heterocycles. The minimum absolute atomic E-state index is 0.801. The minimum atomic E-state index is 0.801. The normalized spacial score (nSPS) is 24.5. The highest BCUT2D eigenvalue weighted by Crippen LogP contribution is 2.35. The van der Waals surface area contributed by atoms with Crippen LogP contribution in [0.5, 0.6) is 0 Å². The number of hydrogen-bond donors (Lipinski definition) is 0. The van der Waals surface area contributed by atoms with Crippen molar-refractivity contribution in [1.29, 1.82) is 0 Å². The quantitative estimate of drug-likeness (QED) is 0.567. The van der Waals surface area contributed by atoms with E-state index in [2.05, 4.69) is 32.7 Å². The monoisotopic (exact) mass is 168 g/mol. The van der Waals surface area contributed by atoms with Gasteiger partial charge in [0.05, 0.1) is 0 Å². The zero-order valence-corrected chi connectivity index (χ0v) is 8.65. The van der Waals surface area contributed by atoms with E-state index in [1.807, 2.05) is 0 Å². The Hall–Kier alpha value is -0.0900. The molecule has 0 spiro atoms. The third kappa shape index (κ3) is 1.93. The summed E-state index contributed by atoms with van der Waals surface area (Å²) in [6.07, 6.45) is 7.18. The smallest absolute Gasteiger partial charge is 0.0181 e. The summed E-state index contributed by atoms with van der Waals surface area (Å²) in [6.45, 7) is 6.81. The Morgan fingerprint density at radius 1 is 1.45 bits per heavy atom. The summed E-state index contributed by atoms with van der Waals surface area (Å²) in [5.41, 5.74) is 4.02. The van der Waals surface area contributed by atoms with Crippen LogP contribution in [0.2, 0.25) is 0 Å². The van der Waals surface area contributed by atoms with Crippen LogP contribution in [0.25, 0.3) is 0 Å². The molecule has 0 fully saturated rings. The van der Waals surface area contributed by atoms with E-state index in [1.165, 1.54) is 12.8 Å². The summed E-state index contributed by atoms with van der Waals surface area (Å²) < 4.78 is 0. The van der Waals surface area contributed by atoms with Gasteiger partial charge in [0.15, 0.2) is 0 Å². The largest absolute Gasteiger partial charge is 0.113 e. The molecule has 0 heterocycles. The molecule has 0 aromatic rings. The van der Waals surface area contributed by atoms with Gasteiger partial charge in [0, 0.05) is 5.66 Å². The highest BCUT2D eigenvalue weighted by Gasteiger charge is 2.16. The van der Waals surface area contributed by atoms with E-state index < -0.39 is 0 Å². The first-order chi connectivity index (χ1) is 5.29. The predicted octanol–water partition coefficient (Wildman–Crippen LogP) is 3.35. The van der Waals surface area contributed by atoms with E-state index in [-0.39, 0.29) is 0 Å². The first kappa shape index (κ1) is 9.00. The fraction of sp³-hybridized carbons (Fsp3) is 0.600. The molecule has 0 N–H and O–H groups in total. The van der Waals surface area contributed by atoms with E-state index in [0.29, 0.717) is 0 Å². The van der Waals surface area contributed by atoms with Crippen molar-refractivity contribution in [2.45, 2.75) is 32.3 Å². The fourth-order valence-corrected chi connectivity index (χ4v) is 2.82. The zero-order valence-electron chi connectivity index (χ0n) is 7.65. The molecule has 0 saturated carbocycles. The molecule has 1 heteroatoms. The van der Waals surface area contributed by atoms with E-state index in [0.717, 1.165) is 14.2 Å². The van der Waals surface area contributed by atoms with Crippen LogP contribution in [-0.2, 0) is 0 Å². The summed E-state index contributed by atoms with van der Waals surface area (Å²) >= 11 is 0. The fourth-order valence-electron chi connectivity index (χ4n) is 1.65. The van der Waals surface area contributed by atoms with Crippen LogP contribution in [0.1, 0.15) is 26.7 Å². The van der Waals surface area contributed by atoms with Gasteiger partial charge in [-0.25, -0.2) is 0 Å². The van der Waals surface area contributed by atoms with Gasteiger partial charge < -0.3 is 0 Å². The van der Waals surface area contributed by atoms with Crippen LogP contribution in [-0.4, -0.2) is 12.3 Å². The van der Waals surface area contributed by atoms with Gasteiger partial charge in [0.2, 0.25) is 0 Å². The summed E-state index contributed by atoms with van der Waals surface area (Å²) in [7, 11) is 1.05. The molecule has 2 atom stereocenters. The van der Waals surface area contributed by atoms with Crippen LogP contribution >= 0.6 is 8.58 Å². The molecule has 0 aliphatic heterocycles. The molecule has 0 bridgehead atoms. The van der Waals surface area contributed by atoms with Crippen LogP contribution in [0.3, 0.4) is 0 Å². The maximum Gasteiger partial charge on any atom is 0.0181 e. The van der Waals surface area contributed by atoms with Gasteiger partial charge in [0.1, 0.15) is 0 Å². The Bertz CT molecular complexity index is 189. The molecule has 0 amide bonds. The Labute approximate surface area is 71.6 Å². The second-order valence-electron chi connectivity index (χ2n) is 3.12. The van der Waals surface area contributed by atoms with Crippen LogP contribution < -0.4 is 0 Å². The number of allylic oxidation sites excluding steroid dienone is 4. The van der Waals surface area contributed by atoms with Crippen molar-refractivity contribution in [3.8, 4) is 0 Å². The van der Waals surface area contributed by atoms with Gasteiger partial charge in [-0.05, 0) is 20.0 Å². The Kier molecular flexibility index (Phi) is 3.33. The van der Waals surface area contributed by atoms with E-state index in [4.69, 9.17) is 0 Å². The van der Waals surface area contributed by atoms with Gasteiger partial charge in [-0.1, -0.05) is 36.6 Å². The summed E-state index contributed by atoms with van der Waals surface area (Å²) in [6, 6.07) is 0. The van der Waals surface area contributed by atoms with Crippen LogP contribution in [0.15, 0.2) is 23.3 Å². The van der Waals surface area contributed by atoms with Crippen molar-refractivity contribution in [1.82, 2.24) is 0 Å². The first-order valence-corrected chi connectivity index (χ1v) is 5.91. The molecule has 0 radical (unpaired) electrons. The molecule has 1 aliphatic carbocycles. The summed E-state index contributed by atoms with van der Waals surface area (Å²) in [5.74, 6) is 0. The summed E-state index contributed by atoms with van der Waals surface area (Å²) in [5, 5.41) is 0. The van der Waals surface area contributed by atoms with Gasteiger partial charge in [-0.2, -0.15) is 0 Å². The highest BCUT2D eigenvalue weighted by molar-refractivity contribution is 7.38. The van der Waals surface area contributed by atoms with Gasteiger partial charge in [-0.3, -0.25) is 0 Å². The van der Waals surface area contributed by atoms with Crippen molar-refractivity contribution in [3.63, 3.8) is 0 Å². The van der Waals surface area contributed by atoms with Crippen LogP contribution in [0.4, 0.5) is 0 Å². The number of rotatable bonds is 3. The molecule has 62 valence electrons. The van der Waals surface area contributed by atoms with E-state index in [1.54, 1.807) is 11.1 Å². The zero-order chi connectivity index (χ0) is 8.27. The Morgan fingerprint density at radius 2 is 2.18 bits per heavy atom. The van der Waals surface area contributed by atoms with E-state index >= 15 is 0 Å². The lowest BCUT2D eigenvalue weighted by atomic mass is 10.1. The Morgan fingerprint density at radius 3 is 2.73 bits per heavy atom. The standard InChI is InChI=1S/C10H17P/c1-4-5-9-7-6-8(2)10(9)11-3/h6-7,10-11H,4-5H2,1-3H3. The van der Waals surface area contributed by atoms with Gasteiger partial charge in [0.25, 0.3) is 0 Å². The minimum Gasteiger partial charge on any atom is -0.113 e. The van der Waals surface area contributed by atoms with Crippen molar-refractivity contribution in [2.24, 2.45) is 0 Å². The lowest BCUT2D eigenvalue weighted by molar-refractivity contribution is 0.881.